The van der Waals surface area contributed by atoms with E-state index in [0.717, 1.165) is 12.0 Å². The van der Waals surface area contributed by atoms with Crippen molar-refractivity contribution in [3.8, 4) is 11.1 Å². The van der Waals surface area contributed by atoms with Gasteiger partial charge in [-0.1, -0.05) is 82.5 Å². The van der Waals surface area contributed by atoms with E-state index in [2.05, 4.69) is 70.3 Å². The van der Waals surface area contributed by atoms with Crippen molar-refractivity contribution in [3.63, 3.8) is 0 Å². The van der Waals surface area contributed by atoms with E-state index in [1.165, 1.54) is 33.4 Å². The van der Waals surface area contributed by atoms with Gasteiger partial charge in [-0.15, -0.1) is 0 Å². The van der Waals surface area contributed by atoms with Crippen molar-refractivity contribution in [2.75, 3.05) is 0 Å². The predicted molar refractivity (Wildman–Crippen MR) is 102 cm³/mol. The van der Waals surface area contributed by atoms with Gasteiger partial charge in [-0.3, -0.25) is 0 Å². The molecule has 0 saturated carbocycles. The Bertz CT molecular complexity index is 816. The fraction of sp³-hybridized carbons (Fsp3) is 0.217. The summed E-state index contributed by atoms with van der Waals surface area (Å²) in [5.74, 6) is 0. The highest BCUT2D eigenvalue weighted by molar-refractivity contribution is 5.84. The van der Waals surface area contributed by atoms with Crippen molar-refractivity contribution in [2.45, 2.75) is 32.6 Å². The van der Waals surface area contributed by atoms with Crippen LogP contribution in [0.5, 0.6) is 0 Å². The molecule has 0 aliphatic heterocycles. The minimum absolute atomic E-state index is 0.0340. The number of hydrogen-bond donors (Lipinski definition) is 0. The van der Waals surface area contributed by atoms with Gasteiger partial charge in [0.25, 0.3) is 0 Å². The van der Waals surface area contributed by atoms with Crippen molar-refractivity contribution in [1.29, 1.82) is 0 Å². The fourth-order valence-corrected chi connectivity index (χ4v) is 3.59. The fourth-order valence-electron chi connectivity index (χ4n) is 3.59. The van der Waals surface area contributed by atoms with Crippen LogP contribution >= 0.6 is 0 Å². The molecule has 23 heavy (non-hydrogen) atoms. The maximum Gasteiger partial charge on any atom is 0.0159 e. The Kier molecular flexibility index (Phi) is 3.85. The van der Waals surface area contributed by atoms with Gasteiger partial charge in [-0.05, 0) is 51.4 Å². The Morgan fingerprint density at radius 1 is 1.00 bits per heavy atom. The third kappa shape index (κ3) is 2.39. The molecule has 0 saturated heterocycles. The lowest BCUT2D eigenvalue weighted by Gasteiger charge is -2.22. The van der Waals surface area contributed by atoms with Crippen molar-refractivity contribution < 1.29 is 0 Å². The van der Waals surface area contributed by atoms with Gasteiger partial charge in [-0.2, -0.15) is 0 Å². The quantitative estimate of drug-likeness (QED) is 0.580. The molecule has 0 atom stereocenters. The van der Waals surface area contributed by atoms with Crippen LogP contribution in [0.25, 0.3) is 16.7 Å². The Balaban J connectivity index is 2.20. The van der Waals surface area contributed by atoms with Gasteiger partial charge in [0.2, 0.25) is 0 Å². The zero-order chi connectivity index (χ0) is 16.6. The molecule has 0 unspecified atom stereocenters. The maximum absolute atomic E-state index is 3.93. The van der Waals surface area contributed by atoms with E-state index in [0.29, 0.717) is 0 Å². The van der Waals surface area contributed by atoms with E-state index in [1.807, 2.05) is 18.2 Å². The SMILES string of the molecule is C=C/C=C(\C=C)c1ccc2c(c1)C(C)(C)c1cc(CC)ccc1-2. The van der Waals surface area contributed by atoms with Crippen molar-refractivity contribution >= 4 is 5.57 Å². The average Bonchev–Trinajstić information content (AvgIpc) is 2.80. The molecule has 0 radical (unpaired) electrons. The summed E-state index contributed by atoms with van der Waals surface area (Å²) in [6, 6.07) is 13.7. The summed E-state index contributed by atoms with van der Waals surface area (Å²) in [6.45, 7) is 14.6. The molecule has 0 fully saturated rings. The summed E-state index contributed by atoms with van der Waals surface area (Å²) >= 11 is 0. The molecule has 0 heterocycles. The highest BCUT2D eigenvalue weighted by Gasteiger charge is 2.35. The Morgan fingerprint density at radius 3 is 2.26 bits per heavy atom. The number of allylic oxidation sites excluding steroid dienone is 4. The molecular formula is C23H24. The normalized spacial score (nSPS) is 15.0. The van der Waals surface area contributed by atoms with Crippen LogP contribution in [-0.2, 0) is 11.8 Å². The first kappa shape index (κ1) is 15.6. The van der Waals surface area contributed by atoms with Crippen molar-refractivity contribution in [2.24, 2.45) is 0 Å². The maximum atomic E-state index is 3.93. The van der Waals surface area contributed by atoms with Gasteiger partial charge in [0, 0.05) is 5.41 Å². The molecule has 1 aliphatic rings. The standard InChI is InChI=1S/C23H24/c1-6-9-17(8-3)18-11-13-20-19-12-10-16(7-2)14-21(19)23(4,5)22(20)15-18/h6,8-15H,1,3,7H2,2,4-5H3/b17-9+. The van der Waals surface area contributed by atoms with Crippen molar-refractivity contribution in [1.82, 2.24) is 0 Å². The van der Waals surface area contributed by atoms with Crippen LogP contribution in [0.15, 0.2) is 67.8 Å². The lowest BCUT2D eigenvalue weighted by Crippen LogP contribution is -2.15. The van der Waals surface area contributed by atoms with Gasteiger partial charge in [0.05, 0.1) is 0 Å². The number of rotatable bonds is 4. The second kappa shape index (κ2) is 5.70. The van der Waals surface area contributed by atoms with Crippen LogP contribution in [0, 0.1) is 0 Å². The molecule has 116 valence electrons. The minimum Gasteiger partial charge on any atom is -0.0990 e. The summed E-state index contributed by atoms with van der Waals surface area (Å²) < 4.78 is 0. The first-order valence-corrected chi connectivity index (χ1v) is 8.26. The molecule has 3 rings (SSSR count). The molecule has 0 bridgehead atoms. The monoisotopic (exact) mass is 300 g/mol. The van der Waals surface area contributed by atoms with Crippen LogP contribution in [0.3, 0.4) is 0 Å². The molecule has 1 aliphatic carbocycles. The average molecular weight is 300 g/mol. The Labute approximate surface area is 139 Å². The molecule has 0 heteroatoms. The van der Waals surface area contributed by atoms with Crippen LogP contribution in [-0.4, -0.2) is 0 Å². The largest absolute Gasteiger partial charge is 0.0990 e. The zero-order valence-electron chi connectivity index (χ0n) is 14.3. The summed E-state index contributed by atoms with van der Waals surface area (Å²) in [4.78, 5) is 0. The number of fused-ring (bicyclic) bond motifs is 3. The first-order valence-electron chi connectivity index (χ1n) is 8.26. The molecule has 0 amide bonds. The van der Waals surface area contributed by atoms with Gasteiger partial charge in [-0.25, -0.2) is 0 Å². The smallest absolute Gasteiger partial charge is 0.0159 e. The van der Waals surface area contributed by atoms with Gasteiger partial charge in [0.1, 0.15) is 0 Å². The Hall–Kier alpha value is -2.34. The van der Waals surface area contributed by atoms with E-state index in [-0.39, 0.29) is 5.41 Å². The first-order chi connectivity index (χ1) is 11.0. The van der Waals surface area contributed by atoms with Crippen LogP contribution in [0.4, 0.5) is 0 Å². The van der Waals surface area contributed by atoms with E-state index in [1.54, 1.807) is 0 Å². The second-order valence-corrected chi connectivity index (χ2v) is 6.68. The topological polar surface area (TPSA) is 0 Å². The lowest BCUT2D eigenvalue weighted by molar-refractivity contribution is 0.659. The highest BCUT2D eigenvalue weighted by Crippen LogP contribution is 2.49. The minimum atomic E-state index is 0.0340. The molecule has 2 aromatic carbocycles. The number of benzene rings is 2. The summed E-state index contributed by atoms with van der Waals surface area (Å²) in [5.41, 5.74) is 9.33. The third-order valence-electron chi connectivity index (χ3n) is 5.00. The second-order valence-electron chi connectivity index (χ2n) is 6.68. The number of hydrogen-bond acceptors (Lipinski definition) is 0. The van der Waals surface area contributed by atoms with E-state index >= 15 is 0 Å². The van der Waals surface area contributed by atoms with E-state index < -0.39 is 0 Å². The summed E-state index contributed by atoms with van der Waals surface area (Å²) in [7, 11) is 0. The van der Waals surface area contributed by atoms with E-state index in [4.69, 9.17) is 0 Å². The highest BCUT2D eigenvalue weighted by atomic mass is 14.4. The summed E-state index contributed by atoms with van der Waals surface area (Å²) in [5, 5.41) is 0. The predicted octanol–water partition coefficient (Wildman–Crippen LogP) is 6.31. The molecule has 0 nitrogen and oxygen atoms in total. The summed E-state index contributed by atoms with van der Waals surface area (Å²) in [6.07, 6.45) is 6.80. The third-order valence-corrected chi connectivity index (χ3v) is 5.00. The van der Waals surface area contributed by atoms with Crippen molar-refractivity contribution in [3.05, 3.63) is 90.0 Å². The van der Waals surface area contributed by atoms with Crippen LogP contribution in [0.2, 0.25) is 0 Å². The zero-order valence-corrected chi connectivity index (χ0v) is 14.3. The molecule has 0 aromatic heterocycles. The van der Waals surface area contributed by atoms with Crippen LogP contribution in [0.1, 0.15) is 43.0 Å². The van der Waals surface area contributed by atoms with E-state index in [9.17, 15) is 0 Å². The molecule has 2 aromatic rings. The van der Waals surface area contributed by atoms with Gasteiger partial charge in [0.15, 0.2) is 0 Å². The molecule has 0 N–H and O–H groups in total. The van der Waals surface area contributed by atoms with Gasteiger partial charge < -0.3 is 0 Å². The van der Waals surface area contributed by atoms with Gasteiger partial charge >= 0.3 is 0 Å². The lowest BCUT2D eigenvalue weighted by atomic mass is 9.81. The number of aryl methyl sites for hydroxylation is 1. The Morgan fingerprint density at radius 2 is 1.65 bits per heavy atom. The molecule has 0 spiro atoms. The van der Waals surface area contributed by atoms with Crippen LogP contribution < -0.4 is 0 Å². The molecular weight excluding hydrogens is 276 g/mol.